The molecule has 0 unspecified atom stereocenters. The second-order valence-electron chi connectivity index (χ2n) is 4.86. The van der Waals surface area contributed by atoms with Crippen molar-refractivity contribution < 1.29 is 9.59 Å². The normalized spacial score (nSPS) is 14.1. The van der Waals surface area contributed by atoms with Crippen LogP contribution in [0.15, 0.2) is 6.20 Å². The second-order valence-corrected chi connectivity index (χ2v) is 4.86. The Kier molecular flexibility index (Phi) is 5.05. The van der Waals surface area contributed by atoms with E-state index < -0.39 is 0 Å². The number of nitrogens with zero attached hydrogens (tertiary/aromatic N) is 3. The van der Waals surface area contributed by atoms with Gasteiger partial charge in [-0.25, -0.2) is 0 Å². The van der Waals surface area contributed by atoms with Crippen LogP contribution in [0, 0.1) is 0 Å². The summed E-state index contributed by atoms with van der Waals surface area (Å²) in [5, 5.41) is 13.2. The van der Waals surface area contributed by atoms with Gasteiger partial charge in [0.05, 0.1) is 12.7 Å². The fraction of sp³-hybridized carbons (Fsp3) is 0.667. The van der Waals surface area contributed by atoms with Crippen molar-refractivity contribution in [3.63, 3.8) is 0 Å². The van der Waals surface area contributed by atoms with E-state index in [1.165, 1.54) is 4.68 Å². The molecule has 0 radical (unpaired) electrons. The average Bonchev–Trinajstić information content (AvgIpc) is 3.10. The lowest BCUT2D eigenvalue weighted by atomic mass is 10.3. The molecule has 8 heteroatoms. The van der Waals surface area contributed by atoms with Crippen LogP contribution in [-0.4, -0.2) is 45.9 Å². The van der Waals surface area contributed by atoms with Gasteiger partial charge >= 0.3 is 0 Å². The maximum Gasteiger partial charge on any atom is 0.273 e. The van der Waals surface area contributed by atoms with Crippen molar-refractivity contribution >= 4 is 11.8 Å². The molecule has 0 atom stereocenters. The minimum atomic E-state index is -0.282. The van der Waals surface area contributed by atoms with Crippen LogP contribution in [0.1, 0.15) is 36.2 Å². The maximum atomic E-state index is 11.7. The number of hydrogen-bond acceptors (Lipinski definition) is 5. The number of rotatable bonds is 8. The fourth-order valence-corrected chi connectivity index (χ4v) is 1.71. The van der Waals surface area contributed by atoms with Gasteiger partial charge in [-0.15, -0.1) is 5.10 Å². The number of carbonyl (C=O) groups excluding carboxylic acids is 2. The van der Waals surface area contributed by atoms with Crippen molar-refractivity contribution in [1.29, 1.82) is 0 Å². The summed E-state index contributed by atoms with van der Waals surface area (Å²) < 4.78 is 1.53. The Morgan fingerprint density at radius 3 is 2.95 bits per heavy atom. The third kappa shape index (κ3) is 4.61. The highest BCUT2D eigenvalue weighted by atomic mass is 16.2. The molecule has 0 aromatic carbocycles. The van der Waals surface area contributed by atoms with E-state index >= 15 is 0 Å². The van der Waals surface area contributed by atoms with Crippen molar-refractivity contribution in [1.82, 2.24) is 25.6 Å². The van der Waals surface area contributed by atoms with E-state index in [0.29, 0.717) is 38.5 Å². The molecule has 1 aliphatic rings. The highest BCUT2D eigenvalue weighted by molar-refractivity contribution is 5.91. The first-order valence-electron chi connectivity index (χ1n) is 6.87. The summed E-state index contributed by atoms with van der Waals surface area (Å²) in [4.78, 5) is 23.2. The number of nitrogens with one attached hydrogen (secondary N) is 2. The molecule has 1 aromatic heterocycles. The van der Waals surface area contributed by atoms with Gasteiger partial charge in [0.25, 0.3) is 5.91 Å². The van der Waals surface area contributed by atoms with Crippen LogP contribution in [0.5, 0.6) is 0 Å². The van der Waals surface area contributed by atoms with Crippen molar-refractivity contribution in [2.75, 3.05) is 13.1 Å². The van der Waals surface area contributed by atoms with Gasteiger partial charge in [-0.05, 0) is 19.3 Å². The number of aromatic nitrogens is 3. The van der Waals surface area contributed by atoms with Crippen LogP contribution < -0.4 is 16.4 Å². The summed E-state index contributed by atoms with van der Waals surface area (Å²) in [7, 11) is 0. The summed E-state index contributed by atoms with van der Waals surface area (Å²) in [6.07, 6.45) is 4.77. The van der Waals surface area contributed by atoms with Crippen molar-refractivity contribution in [3.05, 3.63) is 11.9 Å². The van der Waals surface area contributed by atoms with Crippen LogP contribution in [0.2, 0.25) is 0 Å². The number of nitrogens with two attached hydrogens (primary N) is 1. The van der Waals surface area contributed by atoms with Crippen LogP contribution in [0.4, 0.5) is 0 Å². The van der Waals surface area contributed by atoms with Gasteiger partial charge in [-0.3, -0.25) is 14.3 Å². The van der Waals surface area contributed by atoms with Gasteiger partial charge in [0.2, 0.25) is 5.91 Å². The molecular weight excluding hydrogens is 260 g/mol. The molecule has 110 valence electrons. The smallest absolute Gasteiger partial charge is 0.273 e. The van der Waals surface area contributed by atoms with Gasteiger partial charge in [0.15, 0.2) is 5.69 Å². The predicted molar refractivity (Wildman–Crippen MR) is 71.8 cm³/mol. The van der Waals surface area contributed by atoms with E-state index in [1.807, 2.05) is 0 Å². The Bertz CT molecular complexity index is 468. The van der Waals surface area contributed by atoms with Crippen molar-refractivity contribution in [2.24, 2.45) is 5.73 Å². The molecule has 1 saturated carbocycles. The first-order chi connectivity index (χ1) is 9.69. The number of hydrogen-bond donors (Lipinski definition) is 3. The van der Waals surface area contributed by atoms with E-state index in [1.54, 1.807) is 6.20 Å². The van der Waals surface area contributed by atoms with Gasteiger partial charge in [0.1, 0.15) is 0 Å². The summed E-state index contributed by atoms with van der Waals surface area (Å²) in [5.41, 5.74) is 5.65. The van der Waals surface area contributed by atoms with Crippen molar-refractivity contribution in [2.45, 2.75) is 38.3 Å². The van der Waals surface area contributed by atoms with Crippen LogP contribution in [0.3, 0.4) is 0 Å². The maximum absolute atomic E-state index is 11.7. The number of carbonyl (C=O) groups is 2. The minimum Gasteiger partial charge on any atom is -0.353 e. The summed E-state index contributed by atoms with van der Waals surface area (Å²) in [6, 6.07) is 0.384. The predicted octanol–water partition coefficient (Wildman–Crippen LogP) is -0.975. The lowest BCUT2D eigenvalue weighted by Crippen LogP contribution is -2.28. The highest BCUT2D eigenvalue weighted by Crippen LogP contribution is 2.18. The average molecular weight is 280 g/mol. The lowest BCUT2D eigenvalue weighted by molar-refractivity contribution is -0.121. The molecule has 4 N–H and O–H groups in total. The molecule has 0 bridgehead atoms. The molecule has 0 aliphatic heterocycles. The molecule has 8 nitrogen and oxygen atoms in total. The molecule has 1 fully saturated rings. The quantitative estimate of drug-likeness (QED) is 0.530. The molecule has 1 aromatic rings. The zero-order valence-corrected chi connectivity index (χ0v) is 11.3. The summed E-state index contributed by atoms with van der Waals surface area (Å²) in [6.45, 7) is 1.42. The third-order valence-electron chi connectivity index (χ3n) is 2.94. The summed E-state index contributed by atoms with van der Waals surface area (Å²) in [5.74, 6) is -0.230. The first kappa shape index (κ1) is 14.4. The van der Waals surface area contributed by atoms with Gasteiger partial charge in [-0.1, -0.05) is 5.21 Å². The Morgan fingerprint density at radius 1 is 1.45 bits per heavy atom. The standard InChI is InChI=1S/C12H20N6O2/c13-5-7-18-8-10(16-17-18)12(20)14-6-1-2-11(19)15-9-3-4-9/h8-9H,1-7,13H2,(H,14,20)(H,15,19). The molecule has 1 heterocycles. The second kappa shape index (κ2) is 6.99. The van der Waals surface area contributed by atoms with E-state index in [9.17, 15) is 9.59 Å². The Labute approximate surface area is 117 Å². The fourth-order valence-electron chi connectivity index (χ4n) is 1.71. The molecular formula is C12H20N6O2. The summed E-state index contributed by atoms with van der Waals surface area (Å²) >= 11 is 0. The zero-order chi connectivity index (χ0) is 14.4. The molecule has 0 saturated heterocycles. The monoisotopic (exact) mass is 280 g/mol. The van der Waals surface area contributed by atoms with Crippen molar-refractivity contribution in [3.8, 4) is 0 Å². The van der Waals surface area contributed by atoms with Crippen LogP contribution in [-0.2, 0) is 11.3 Å². The Balaban J connectivity index is 1.62. The Hall–Kier alpha value is -1.96. The first-order valence-corrected chi connectivity index (χ1v) is 6.87. The van der Waals surface area contributed by atoms with E-state index in [0.717, 1.165) is 12.8 Å². The molecule has 2 amide bonds. The topological polar surface area (TPSA) is 115 Å². The highest BCUT2D eigenvalue weighted by Gasteiger charge is 2.22. The zero-order valence-electron chi connectivity index (χ0n) is 11.3. The SMILES string of the molecule is NCCn1cc(C(=O)NCCCC(=O)NC2CC2)nn1. The van der Waals surface area contributed by atoms with Crippen LogP contribution >= 0.6 is 0 Å². The van der Waals surface area contributed by atoms with E-state index in [-0.39, 0.29) is 17.5 Å². The molecule has 20 heavy (non-hydrogen) atoms. The molecule has 0 spiro atoms. The van der Waals surface area contributed by atoms with Gasteiger partial charge < -0.3 is 16.4 Å². The van der Waals surface area contributed by atoms with E-state index in [2.05, 4.69) is 20.9 Å². The minimum absolute atomic E-state index is 0.0515. The lowest BCUT2D eigenvalue weighted by Gasteiger charge is -2.04. The Morgan fingerprint density at radius 2 is 2.25 bits per heavy atom. The molecule has 1 aliphatic carbocycles. The van der Waals surface area contributed by atoms with Gasteiger partial charge in [-0.2, -0.15) is 0 Å². The van der Waals surface area contributed by atoms with Gasteiger partial charge in [0, 0.05) is 25.6 Å². The number of amides is 2. The van der Waals surface area contributed by atoms with Crippen LogP contribution in [0.25, 0.3) is 0 Å². The van der Waals surface area contributed by atoms with E-state index in [4.69, 9.17) is 5.73 Å². The largest absolute Gasteiger partial charge is 0.353 e. The third-order valence-corrected chi connectivity index (χ3v) is 2.94. The molecule has 2 rings (SSSR count).